The van der Waals surface area contributed by atoms with Gasteiger partial charge in [0.2, 0.25) is 0 Å². The molecule has 0 aliphatic rings. The van der Waals surface area contributed by atoms with Crippen molar-refractivity contribution < 1.29 is 9.21 Å². The van der Waals surface area contributed by atoms with E-state index in [0.29, 0.717) is 13.1 Å². The highest BCUT2D eigenvalue weighted by atomic mass is 16.3. The molecule has 0 aliphatic carbocycles. The quantitative estimate of drug-likeness (QED) is 0.610. The second kappa shape index (κ2) is 6.60. The van der Waals surface area contributed by atoms with E-state index in [1.807, 2.05) is 34.9 Å². The standard InChI is InChI=1S/C19H16N4O2/c24-19(16-9-5-11-25-16)21-12-17-22-15-8-4-10-20-18(15)23(17)13-14-6-2-1-3-7-14/h1-11H,12-13H2,(H,21,24). The summed E-state index contributed by atoms with van der Waals surface area (Å²) in [6.07, 6.45) is 3.22. The van der Waals surface area contributed by atoms with Gasteiger partial charge in [0.15, 0.2) is 11.4 Å². The van der Waals surface area contributed by atoms with Crippen LogP contribution in [0.5, 0.6) is 0 Å². The maximum Gasteiger partial charge on any atom is 0.287 e. The molecular formula is C19H16N4O2. The first-order valence-electron chi connectivity index (χ1n) is 7.97. The van der Waals surface area contributed by atoms with Crippen LogP contribution >= 0.6 is 0 Å². The van der Waals surface area contributed by atoms with Crippen molar-refractivity contribution in [2.45, 2.75) is 13.1 Å². The summed E-state index contributed by atoms with van der Waals surface area (Å²) < 4.78 is 7.14. The number of carbonyl (C=O) groups is 1. The third-order valence-electron chi connectivity index (χ3n) is 3.92. The SMILES string of the molecule is O=C(NCc1nc2cccnc2n1Cc1ccccc1)c1ccco1. The average Bonchev–Trinajstić information content (AvgIpc) is 3.29. The number of imidazole rings is 1. The molecule has 4 rings (SSSR count). The van der Waals surface area contributed by atoms with Gasteiger partial charge >= 0.3 is 0 Å². The first-order chi connectivity index (χ1) is 12.3. The Labute approximate surface area is 144 Å². The molecule has 0 fully saturated rings. The van der Waals surface area contributed by atoms with E-state index < -0.39 is 0 Å². The summed E-state index contributed by atoms with van der Waals surface area (Å²) in [4.78, 5) is 21.2. The summed E-state index contributed by atoms with van der Waals surface area (Å²) in [6.45, 7) is 0.934. The van der Waals surface area contributed by atoms with Gasteiger partial charge in [0, 0.05) is 6.20 Å². The summed E-state index contributed by atoms with van der Waals surface area (Å²) >= 11 is 0. The van der Waals surface area contributed by atoms with E-state index in [2.05, 4.69) is 27.4 Å². The van der Waals surface area contributed by atoms with E-state index in [4.69, 9.17) is 4.42 Å². The molecule has 0 saturated carbocycles. The van der Waals surface area contributed by atoms with Crippen molar-refractivity contribution in [1.29, 1.82) is 0 Å². The van der Waals surface area contributed by atoms with Gasteiger partial charge in [0.1, 0.15) is 11.3 Å². The van der Waals surface area contributed by atoms with Crippen molar-refractivity contribution in [3.05, 3.63) is 84.2 Å². The van der Waals surface area contributed by atoms with Gasteiger partial charge in [0.25, 0.3) is 5.91 Å². The number of amides is 1. The number of furan rings is 1. The van der Waals surface area contributed by atoms with Crippen molar-refractivity contribution in [2.75, 3.05) is 0 Å². The van der Waals surface area contributed by atoms with Crippen LogP contribution in [0.3, 0.4) is 0 Å². The largest absolute Gasteiger partial charge is 0.459 e. The van der Waals surface area contributed by atoms with Crippen LogP contribution in [0.15, 0.2) is 71.5 Å². The Morgan fingerprint density at radius 1 is 1.08 bits per heavy atom. The molecule has 0 spiro atoms. The van der Waals surface area contributed by atoms with Crippen molar-refractivity contribution in [3.63, 3.8) is 0 Å². The van der Waals surface area contributed by atoms with Gasteiger partial charge in [-0.15, -0.1) is 0 Å². The summed E-state index contributed by atoms with van der Waals surface area (Å²) in [5, 5.41) is 2.84. The van der Waals surface area contributed by atoms with Gasteiger partial charge in [0.05, 0.1) is 19.4 Å². The van der Waals surface area contributed by atoms with Crippen LogP contribution in [0.1, 0.15) is 21.9 Å². The summed E-state index contributed by atoms with van der Waals surface area (Å²) in [6, 6.07) is 17.2. The minimum absolute atomic E-state index is 0.267. The smallest absolute Gasteiger partial charge is 0.287 e. The maximum absolute atomic E-state index is 12.1. The van der Waals surface area contributed by atoms with Crippen molar-refractivity contribution >= 4 is 17.1 Å². The Morgan fingerprint density at radius 2 is 1.96 bits per heavy atom. The lowest BCUT2D eigenvalue weighted by Crippen LogP contribution is -2.24. The molecule has 0 bridgehead atoms. The van der Waals surface area contributed by atoms with Crippen LogP contribution in [-0.4, -0.2) is 20.4 Å². The van der Waals surface area contributed by atoms with Gasteiger partial charge in [-0.05, 0) is 29.8 Å². The molecule has 0 saturated heterocycles. The monoisotopic (exact) mass is 332 g/mol. The van der Waals surface area contributed by atoms with E-state index >= 15 is 0 Å². The predicted molar refractivity (Wildman–Crippen MR) is 93.0 cm³/mol. The fraction of sp³-hybridized carbons (Fsp3) is 0.105. The van der Waals surface area contributed by atoms with E-state index in [1.165, 1.54) is 6.26 Å². The van der Waals surface area contributed by atoms with Crippen LogP contribution < -0.4 is 5.32 Å². The molecule has 4 aromatic rings. The fourth-order valence-corrected chi connectivity index (χ4v) is 2.73. The maximum atomic E-state index is 12.1. The Morgan fingerprint density at radius 3 is 2.76 bits per heavy atom. The van der Waals surface area contributed by atoms with Crippen LogP contribution in [-0.2, 0) is 13.1 Å². The Bertz CT molecular complexity index is 991. The molecule has 6 nitrogen and oxygen atoms in total. The Hall–Kier alpha value is -3.41. The lowest BCUT2D eigenvalue weighted by Gasteiger charge is -2.09. The lowest BCUT2D eigenvalue weighted by molar-refractivity contribution is 0.0922. The van der Waals surface area contributed by atoms with Crippen molar-refractivity contribution in [3.8, 4) is 0 Å². The van der Waals surface area contributed by atoms with E-state index in [1.54, 1.807) is 18.3 Å². The number of fused-ring (bicyclic) bond motifs is 1. The van der Waals surface area contributed by atoms with E-state index in [0.717, 1.165) is 22.6 Å². The molecular weight excluding hydrogens is 316 g/mol. The number of aromatic nitrogens is 3. The summed E-state index contributed by atoms with van der Waals surface area (Å²) in [5.41, 5.74) is 2.75. The zero-order valence-electron chi connectivity index (χ0n) is 13.4. The minimum atomic E-state index is -0.267. The van der Waals surface area contributed by atoms with Crippen LogP contribution in [0.2, 0.25) is 0 Å². The first-order valence-corrected chi connectivity index (χ1v) is 7.97. The van der Waals surface area contributed by atoms with Gasteiger partial charge < -0.3 is 14.3 Å². The zero-order chi connectivity index (χ0) is 17.1. The number of nitrogens with one attached hydrogen (secondary N) is 1. The zero-order valence-corrected chi connectivity index (χ0v) is 13.4. The van der Waals surface area contributed by atoms with Gasteiger partial charge in [-0.2, -0.15) is 0 Å². The predicted octanol–water partition coefficient (Wildman–Crippen LogP) is 3.00. The molecule has 0 unspecified atom stereocenters. The number of pyridine rings is 1. The van der Waals surface area contributed by atoms with Gasteiger partial charge in [-0.1, -0.05) is 30.3 Å². The molecule has 25 heavy (non-hydrogen) atoms. The topological polar surface area (TPSA) is 73.0 Å². The average molecular weight is 332 g/mol. The number of hydrogen-bond acceptors (Lipinski definition) is 4. The Kier molecular flexibility index (Phi) is 4.00. The van der Waals surface area contributed by atoms with Crippen LogP contribution in [0.25, 0.3) is 11.2 Å². The molecule has 0 atom stereocenters. The highest BCUT2D eigenvalue weighted by molar-refractivity contribution is 5.91. The molecule has 0 aliphatic heterocycles. The number of benzene rings is 1. The first kappa shape index (κ1) is 15.1. The molecule has 1 N–H and O–H groups in total. The van der Waals surface area contributed by atoms with Crippen LogP contribution in [0.4, 0.5) is 0 Å². The van der Waals surface area contributed by atoms with E-state index in [9.17, 15) is 4.79 Å². The molecule has 1 amide bonds. The minimum Gasteiger partial charge on any atom is -0.459 e. The molecule has 3 heterocycles. The highest BCUT2D eigenvalue weighted by Crippen LogP contribution is 2.16. The van der Waals surface area contributed by atoms with E-state index in [-0.39, 0.29) is 11.7 Å². The Balaban J connectivity index is 1.63. The van der Waals surface area contributed by atoms with Gasteiger partial charge in [-0.25, -0.2) is 9.97 Å². The molecule has 0 radical (unpaired) electrons. The number of nitrogens with zero attached hydrogens (tertiary/aromatic N) is 3. The van der Waals surface area contributed by atoms with Gasteiger partial charge in [-0.3, -0.25) is 4.79 Å². The third kappa shape index (κ3) is 3.14. The lowest BCUT2D eigenvalue weighted by atomic mass is 10.2. The molecule has 6 heteroatoms. The fourth-order valence-electron chi connectivity index (χ4n) is 2.73. The summed E-state index contributed by atoms with van der Waals surface area (Å²) in [5.74, 6) is 0.762. The number of hydrogen-bond donors (Lipinski definition) is 1. The second-order valence-corrected chi connectivity index (χ2v) is 5.61. The normalized spacial score (nSPS) is 10.9. The molecule has 3 aromatic heterocycles. The molecule has 124 valence electrons. The number of carbonyl (C=O) groups excluding carboxylic acids is 1. The molecule has 1 aromatic carbocycles. The highest BCUT2D eigenvalue weighted by Gasteiger charge is 2.14. The second-order valence-electron chi connectivity index (χ2n) is 5.61. The third-order valence-corrected chi connectivity index (χ3v) is 3.92. The number of rotatable bonds is 5. The summed E-state index contributed by atoms with van der Waals surface area (Å²) in [7, 11) is 0. The van der Waals surface area contributed by atoms with Crippen molar-refractivity contribution in [2.24, 2.45) is 0 Å². The van der Waals surface area contributed by atoms with Crippen LogP contribution in [0, 0.1) is 0 Å². The van der Waals surface area contributed by atoms with Crippen molar-refractivity contribution in [1.82, 2.24) is 19.9 Å².